The SMILES string of the molecule is Cc1cc(S(=O)(=O)NCC(C)(C)CO)cc([N+](=O)[O-])c1F. The lowest BCUT2D eigenvalue weighted by Gasteiger charge is -2.21. The molecular formula is C12H17FN2O5S. The van der Waals surface area contributed by atoms with Crippen molar-refractivity contribution in [1.29, 1.82) is 0 Å². The summed E-state index contributed by atoms with van der Waals surface area (Å²) in [5, 5.41) is 19.8. The maximum atomic E-state index is 13.6. The summed E-state index contributed by atoms with van der Waals surface area (Å²) < 4.78 is 40.0. The molecule has 0 atom stereocenters. The first-order valence-corrected chi connectivity index (χ1v) is 7.53. The Bertz CT molecular complexity index is 658. The molecule has 0 aliphatic rings. The number of aryl methyl sites for hydroxylation is 1. The lowest BCUT2D eigenvalue weighted by molar-refractivity contribution is -0.387. The van der Waals surface area contributed by atoms with Crippen LogP contribution in [-0.2, 0) is 10.0 Å². The Hall–Kier alpha value is -1.58. The van der Waals surface area contributed by atoms with Gasteiger partial charge in [0.1, 0.15) is 0 Å². The van der Waals surface area contributed by atoms with Crippen LogP contribution in [0.5, 0.6) is 0 Å². The number of aliphatic hydroxyl groups excluding tert-OH is 1. The van der Waals surface area contributed by atoms with Gasteiger partial charge < -0.3 is 5.11 Å². The van der Waals surface area contributed by atoms with Crippen LogP contribution in [0.15, 0.2) is 17.0 Å². The molecule has 7 nitrogen and oxygen atoms in total. The van der Waals surface area contributed by atoms with Crippen molar-refractivity contribution in [2.24, 2.45) is 5.41 Å². The molecule has 0 aliphatic carbocycles. The summed E-state index contributed by atoms with van der Waals surface area (Å²) in [6.45, 7) is 4.24. The van der Waals surface area contributed by atoms with E-state index in [-0.39, 0.29) is 23.6 Å². The first-order chi connectivity index (χ1) is 9.50. The van der Waals surface area contributed by atoms with Gasteiger partial charge in [-0.05, 0) is 18.6 Å². The number of hydrogen-bond acceptors (Lipinski definition) is 5. The monoisotopic (exact) mass is 320 g/mol. The molecule has 0 spiro atoms. The minimum atomic E-state index is -4.03. The number of aliphatic hydroxyl groups is 1. The molecule has 0 saturated heterocycles. The van der Waals surface area contributed by atoms with Crippen LogP contribution in [0.3, 0.4) is 0 Å². The fourth-order valence-corrected chi connectivity index (χ4v) is 2.78. The molecule has 1 rings (SSSR count). The van der Waals surface area contributed by atoms with Crippen LogP contribution in [0, 0.1) is 28.3 Å². The van der Waals surface area contributed by atoms with E-state index in [9.17, 15) is 22.9 Å². The number of nitro groups is 1. The summed E-state index contributed by atoms with van der Waals surface area (Å²) in [6, 6.07) is 1.70. The van der Waals surface area contributed by atoms with Crippen molar-refractivity contribution in [3.8, 4) is 0 Å². The van der Waals surface area contributed by atoms with Gasteiger partial charge in [0.05, 0.1) is 9.82 Å². The normalized spacial score (nSPS) is 12.4. The average Bonchev–Trinajstić information content (AvgIpc) is 2.39. The summed E-state index contributed by atoms with van der Waals surface area (Å²) >= 11 is 0. The largest absolute Gasteiger partial charge is 0.396 e. The highest BCUT2D eigenvalue weighted by molar-refractivity contribution is 7.89. The van der Waals surface area contributed by atoms with E-state index in [4.69, 9.17) is 5.11 Å². The molecule has 118 valence electrons. The lowest BCUT2D eigenvalue weighted by atomic mass is 9.96. The van der Waals surface area contributed by atoms with Crippen molar-refractivity contribution in [2.45, 2.75) is 25.7 Å². The fraction of sp³-hybridized carbons (Fsp3) is 0.500. The van der Waals surface area contributed by atoms with E-state index < -0.39 is 31.9 Å². The van der Waals surface area contributed by atoms with Crippen LogP contribution in [0.1, 0.15) is 19.4 Å². The first-order valence-electron chi connectivity index (χ1n) is 6.05. The first kappa shape index (κ1) is 17.5. The van der Waals surface area contributed by atoms with E-state index in [2.05, 4.69) is 4.72 Å². The summed E-state index contributed by atoms with van der Waals surface area (Å²) in [4.78, 5) is 9.37. The number of hydrogen-bond donors (Lipinski definition) is 2. The minimum absolute atomic E-state index is 0.0595. The van der Waals surface area contributed by atoms with Crippen molar-refractivity contribution >= 4 is 15.7 Å². The predicted octanol–water partition coefficient (Wildman–Crippen LogP) is 1.34. The summed E-state index contributed by atoms with van der Waals surface area (Å²) in [5.41, 5.74) is -1.71. The molecular weight excluding hydrogens is 303 g/mol. The molecule has 0 saturated carbocycles. The van der Waals surface area contributed by atoms with Crippen LogP contribution < -0.4 is 4.72 Å². The zero-order chi connectivity index (χ0) is 16.4. The van der Waals surface area contributed by atoms with Crippen molar-refractivity contribution in [3.05, 3.63) is 33.6 Å². The molecule has 0 amide bonds. The Morgan fingerprint density at radius 3 is 2.48 bits per heavy atom. The van der Waals surface area contributed by atoms with Crippen LogP contribution >= 0.6 is 0 Å². The van der Waals surface area contributed by atoms with Crippen LogP contribution in [0.4, 0.5) is 10.1 Å². The van der Waals surface area contributed by atoms with Gasteiger partial charge in [0.2, 0.25) is 15.8 Å². The van der Waals surface area contributed by atoms with Crippen molar-refractivity contribution in [2.75, 3.05) is 13.2 Å². The molecule has 0 bridgehead atoms. The number of nitro benzene ring substituents is 1. The molecule has 0 radical (unpaired) electrons. The number of sulfonamides is 1. The average molecular weight is 320 g/mol. The Morgan fingerprint density at radius 2 is 2.00 bits per heavy atom. The highest BCUT2D eigenvalue weighted by atomic mass is 32.2. The van der Waals surface area contributed by atoms with E-state index in [1.807, 2.05) is 0 Å². The molecule has 0 aliphatic heterocycles. The third-order valence-electron chi connectivity index (χ3n) is 2.88. The Kier molecular flexibility index (Phi) is 5.03. The van der Waals surface area contributed by atoms with Gasteiger partial charge in [0.25, 0.3) is 0 Å². The lowest BCUT2D eigenvalue weighted by Crippen LogP contribution is -2.36. The van der Waals surface area contributed by atoms with Crippen LogP contribution in [-0.4, -0.2) is 31.6 Å². The Morgan fingerprint density at radius 1 is 1.43 bits per heavy atom. The standard InChI is InChI=1S/C12H17FN2O5S/c1-8-4-9(5-10(11(8)13)15(17)18)21(19,20)14-6-12(2,3)7-16/h4-5,14,16H,6-7H2,1-3H3. The number of benzene rings is 1. The topological polar surface area (TPSA) is 110 Å². The van der Waals surface area contributed by atoms with Gasteiger partial charge in [0.15, 0.2) is 0 Å². The van der Waals surface area contributed by atoms with Gasteiger partial charge in [-0.25, -0.2) is 13.1 Å². The number of halogens is 1. The molecule has 0 aromatic heterocycles. The third kappa shape index (κ3) is 4.19. The van der Waals surface area contributed by atoms with Crippen molar-refractivity contribution in [3.63, 3.8) is 0 Å². The van der Waals surface area contributed by atoms with E-state index in [1.165, 1.54) is 6.92 Å². The second-order valence-electron chi connectivity index (χ2n) is 5.48. The molecule has 2 N–H and O–H groups in total. The molecule has 9 heteroatoms. The summed E-state index contributed by atoms with van der Waals surface area (Å²) in [5.74, 6) is -1.06. The maximum Gasteiger partial charge on any atom is 0.306 e. The third-order valence-corrected chi connectivity index (χ3v) is 4.27. The van der Waals surface area contributed by atoms with E-state index in [0.29, 0.717) is 6.07 Å². The van der Waals surface area contributed by atoms with Crippen LogP contribution in [0.25, 0.3) is 0 Å². The highest BCUT2D eigenvalue weighted by Crippen LogP contribution is 2.25. The van der Waals surface area contributed by atoms with Gasteiger partial charge in [-0.2, -0.15) is 4.39 Å². The summed E-state index contributed by atoms with van der Waals surface area (Å²) in [7, 11) is -4.03. The van der Waals surface area contributed by atoms with Gasteiger partial charge in [-0.15, -0.1) is 0 Å². The van der Waals surface area contributed by atoms with Crippen LogP contribution in [0.2, 0.25) is 0 Å². The zero-order valence-electron chi connectivity index (χ0n) is 11.9. The van der Waals surface area contributed by atoms with Gasteiger partial charge in [0, 0.05) is 24.6 Å². The Labute approximate surface area is 122 Å². The van der Waals surface area contributed by atoms with Crippen molar-refractivity contribution in [1.82, 2.24) is 4.72 Å². The molecule has 0 fully saturated rings. The maximum absolute atomic E-state index is 13.6. The summed E-state index contributed by atoms with van der Waals surface area (Å²) in [6.07, 6.45) is 0. The molecule has 0 heterocycles. The number of nitrogens with zero attached hydrogens (tertiary/aromatic N) is 1. The zero-order valence-corrected chi connectivity index (χ0v) is 12.7. The molecule has 1 aromatic carbocycles. The molecule has 21 heavy (non-hydrogen) atoms. The van der Waals surface area contributed by atoms with E-state index >= 15 is 0 Å². The van der Waals surface area contributed by atoms with E-state index in [1.54, 1.807) is 13.8 Å². The smallest absolute Gasteiger partial charge is 0.306 e. The quantitative estimate of drug-likeness (QED) is 0.607. The van der Waals surface area contributed by atoms with Gasteiger partial charge in [-0.1, -0.05) is 13.8 Å². The second-order valence-corrected chi connectivity index (χ2v) is 7.24. The second kappa shape index (κ2) is 6.04. The molecule has 1 aromatic rings. The number of nitrogens with one attached hydrogen (secondary N) is 1. The van der Waals surface area contributed by atoms with Crippen molar-refractivity contribution < 1.29 is 22.8 Å². The van der Waals surface area contributed by atoms with Gasteiger partial charge >= 0.3 is 5.69 Å². The fourth-order valence-electron chi connectivity index (χ4n) is 1.44. The minimum Gasteiger partial charge on any atom is -0.396 e. The Balaban J connectivity index is 3.18. The van der Waals surface area contributed by atoms with Gasteiger partial charge in [-0.3, -0.25) is 10.1 Å². The predicted molar refractivity (Wildman–Crippen MR) is 73.8 cm³/mol. The number of rotatable bonds is 6. The van der Waals surface area contributed by atoms with E-state index in [0.717, 1.165) is 6.07 Å². The molecule has 0 unspecified atom stereocenters. The highest BCUT2D eigenvalue weighted by Gasteiger charge is 2.26.